The zero-order valence-corrected chi connectivity index (χ0v) is 28.8. The zero-order chi connectivity index (χ0) is 31.0. The fraction of sp³-hybridized carbons (Fsp3) is 0.188. The van der Waals surface area contributed by atoms with Crippen molar-refractivity contribution in [3.63, 3.8) is 0 Å². The molecule has 4 aromatic rings. The van der Waals surface area contributed by atoms with Crippen molar-refractivity contribution in [2.75, 3.05) is 14.2 Å². The summed E-state index contributed by atoms with van der Waals surface area (Å²) in [5, 5.41) is 1.15. The third-order valence-corrected chi connectivity index (χ3v) is 8.15. The third kappa shape index (κ3) is 9.59. The van der Waals surface area contributed by atoms with Gasteiger partial charge >= 0.3 is 37.4 Å². The number of ether oxygens (including phenoxy) is 2. The Kier molecular flexibility index (Phi) is 13.4. The standard InChI is InChI=1S/C32H29Cl2O8P.Na/c1-39-31-19-23(13-15-25(31)29(35)17-11-21-7-3-5-9-27(21)33)41-43(37,38)42-24-14-16-26(32(20-24)40-2)30(36)18-12-22-8-4-6-10-28(22)34;/h3-10,13-16,19-20H,11-12,17-18H2,1-2H3,(H,37,38);/q;+1/p-1. The number of hydrogen-bond donors (Lipinski definition) is 0. The molecule has 224 valence electrons. The fourth-order valence-corrected chi connectivity index (χ4v) is 5.60. The van der Waals surface area contributed by atoms with Crippen molar-refractivity contribution in [2.24, 2.45) is 0 Å². The number of methoxy groups -OCH3 is 2. The van der Waals surface area contributed by atoms with Crippen molar-refractivity contribution in [2.45, 2.75) is 25.7 Å². The van der Waals surface area contributed by atoms with Gasteiger partial charge in [-0.1, -0.05) is 59.6 Å². The second kappa shape index (κ2) is 16.5. The number of Topliss-reactive ketones (excluding diaryl/α,β-unsaturated/α-hetero) is 2. The van der Waals surface area contributed by atoms with Gasteiger partial charge in [0.2, 0.25) is 0 Å². The van der Waals surface area contributed by atoms with Gasteiger partial charge in [0.25, 0.3) is 0 Å². The summed E-state index contributed by atoms with van der Waals surface area (Å²) in [7, 11) is -2.23. The number of phosphoric ester groups is 1. The van der Waals surface area contributed by atoms with Crippen LogP contribution in [0.15, 0.2) is 84.9 Å². The van der Waals surface area contributed by atoms with Crippen molar-refractivity contribution >= 4 is 42.6 Å². The van der Waals surface area contributed by atoms with E-state index in [2.05, 4.69) is 0 Å². The van der Waals surface area contributed by atoms with Gasteiger partial charge in [-0.05, 0) is 60.4 Å². The van der Waals surface area contributed by atoms with Crippen LogP contribution in [0.3, 0.4) is 0 Å². The van der Waals surface area contributed by atoms with Gasteiger partial charge < -0.3 is 23.4 Å². The molecule has 0 fully saturated rings. The van der Waals surface area contributed by atoms with Crippen LogP contribution in [0.25, 0.3) is 0 Å². The molecule has 12 heteroatoms. The van der Waals surface area contributed by atoms with Crippen LogP contribution in [0.2, 0.25) is 10.0 Å². The molecule has 0 atom stereocenters. The molecule has 0 heterocycles. The molecule has 0 unspecified atom stereocenters. The summed E-state index contributed by atoms with van der Waals surface area (Å²) in [4.78, 5) is 38.5. The normalized spacial score (nSPS) is 10.8. The topological polar surface area (TPSA) is 111 Å². The summed E-state index contributed by atoms with van der Waals surface area (Å²) in [5.41, 5.74) is 2.21. The van der Waals surface area contributed by atoms with Crippen molar-refractivity contribution < 1.29 is 67.1 Å². The van der Waals surface area contributed by atoms with Gasteiger partial charge in [0.15, 0.2) is 11.6 Å². The van der Waals surface area contributed by atoms with E-state index in [0.717, 1.165) is 11.1 Å². The summed E-state index contributed by atoms with van der Waals surface area (Å²) in [6.45, 7) is 0. The minimum absolute atomic E-state index is 0. The fourth-order valence-electron chi connectivity index (χ4n) is 4.36. The molecule has 0 aliphatic carbocycles. The van der Waals surface area contributed by atoms with E-state index in [1.54, 1.807) is 12.1 Å². The molecule has 0 N–H and O–H groups in total. The SMILES string of the molecule is COc1cc(OP(=O)([O-])Oc2ccc(C(=O)CCc3ccccc3Cl)c(OC)c2)ccc1C(=O)CCc1ccccc1Cl.[Na+]. The van der Waals surface area contributed by atoms with Crippen molar-refractivity contribution in [1.82, 2.24) is 0 Å². The Labute approximate surface area is 288 Å². The second-order valence-electron chi connectivity index (χ2n) is 9.38. The van der Waals surface area contributed by atoms with E-state index < -0.39 is 7.82 Å². The number of halogens is 2. The minimum Gasteiger partial charge on any atom is -0.736 e. The Bertz CT molecular complexity index is 1560. The molecule has 0 aromatic heterocycles. The Morgan fingerprint density at radius 2 is 1.07 bits per heavy atom. The van der Waals surface area contributed by atoms with E-state index in [1.165, 1.54) is 50.6 Å². The van der Waals surface area contributed by atoms with Gasteiger partial charge in [0.05, 0.1) is 25.3 Å². The summed E-state index contributed by atoms with van der Waals surface area (Å²) in [5.74, 6) is -0.366. The molecular weight excluding hydrogens is 637 g/mol. The van der Waals surface area contributed by atoms with Gasteiger partial charge in [-0.15, -0.1) is 0 Å². The van der Waals surface area contributed by atoms with Crippen LogP contribution in [0.4, 0.5) is 0 Å². The van der Waals surface area contributed by atoms with Gasteiger partial charge in [-0.3, -0.25) is 9.59 Å². The number of carbonyl (C=O) groups excluding carboxylic acids is 2. The van der Waals surface area contributed by atoms with Gasteiger partial charge in [0, 0.05) is 35.0 Å². The molecule has 0 saturated heterocycles. The smallest absolute Gasteiger partial charge is 0.736 e. The van der Waals surface area contributed by atoms with Crippen LogP contribution in [-0.4, -0.2) is 25.8 Å². The number of rotatable bonds is 14. The van der Waals surface area contributed by atoms with Crippen LogP contribution >= 0.6 is 31.0 Å². The van der Waals surface area contributed by atoms with Crippen LogP contribution in [0.1, 0.15) is 44.7 Å². The van der Waals surface area contributed by atoms with E-state index in [-0.39, 0.29) is 88.1 Å². The quantitative estimate of drug-likeness (QED) is 0.110. The molecule has 4 aromatic carbocycles. The molecule has 0 aliphatic heterocycles. The van der Waals surface area contributed by atoms with Gasteiger partial charge in [0.1, 0.15) is 23.0 Å². The molecule has 0 saturated carbocycles. The first-order valence-corrected chi connectivity index (χ1v) is 15.4. The first-order valence-electron chi connectivity index (χ1n) is 13.2. The van der Waals surface area contributed by atoms with Crippen molar-refractivity contribution in [3.05, 3.63) is 117 Å². The van der Waals surface area contributed by atoms with Crippen LogP contribution < -0.4 is 53.0 Å². The van der Waals surface area contributed by atoms with Crippen molar-refractivity contribution in [1.29, 1.82) is 0 Å². The summed E-state index contributed by atoms with van der Waals surface area (Å²) >= 11 is 12.4. The van der Waals surface area contributed by atoms with E-state index >= 15 is 0 Å². The molecule has 0 spiro atoms. The molecule has 0 bridgehead atoms. The van der Waals surface area contributed by atoms with E-state index in [4.69, 9.17) is 41.7 Å². The maximum absolute atomic E-state index is 12.9. The molecular formula is C32H28Cl2NaO8P. The van der Waals surface area contributed by atoms with E-state index in [1.807, 2.05) is 36.4 Å². The predicted octanol–water partition coefficient (Wildman–Crippen LogP) is 4.57. The Hall–Kier alpha value is -2.81. The predicted molar refractivity (Wildman–Crippen MR) is 163 cm³/mol. The molecule has 4 rings (SSSR count). The van der Waals surface area contributed by atoms with Gasteiger partial charge in [-0.2, -0.15) is 0 Å². The number of phosphoric acid groups is 1. The largest absolute Gasteiger partial charge is 1.00 e. The monoisotopic (exact) mass is 664 g/mol. The number of aryl methyl sites for hydroxylation is 2. The Morgan fingerprint density at radius 1 is 0.682 bits per heavy atom. The average Bonchev–Trinajstić information content (AvgIpc) is 2.99. The first kappa shape index (κ1) is 35.7. The maximum Gasteiger partial charge on any atom is 1.00 e. The first-order chi connectivity index (χ1) is 20.6. The number of carbonyl (C=O) groups is 2. The summed E-state index contributed by atoms with van der Waals surface area (Å²) in [6.07, 6.45) is 1.20. The number of ketones is 2. The van der Waals surface area contributed by atoms with Crippen LogP contribution in [0, 0.1) is 0 Å². The maximum atomic E-state index is 12.9. The van der Waals surface area contributed by atoms with E-state index in [9.17, 15) is 19.0 Å². The molecule has 44 heavy (non-hydrogen) atoms. The molecule has 0 amide bonds. The van der Waals surface area contributed by atoms with E-state index in [0.29, 0.717) is 22.9 Å². The molecule has 0 radical (unpaired) electrons. The minimum atomic E-state index is -4.95. The van der Waals surface area contributed by atoms with Crippen LogP contribution in [0.5, 0.6) is 23.0 Å². The van der Waals surface area contributed by atoms with Crippen LogP contribution in [-0.2, 0) is 17.4 Å². The third-order valence-electron chi connectivity index (χ3n) is 6.54. The van der Waals surface area contributed by atoms with Gasteiger partial charge in [-0.25, -0.2) is 4.57 Å². The number of benzene rings is 4. The van der Waals surface area contributed by atoms with Crippen molar-refractivity contribution in [3.8, 4) is 23.0 Å². The average molecular weight is 665 g/mol. The Balaban J connectivity index is 0.00000529. The molecule has 0 aliphatic rings. The zero-order valence-electron chi connectivity index (χ0n) is 24.4. The second-order valence-corrected chi connectivity index (χ2v) is 11.5. The molecule has 8 nitrogen and oxygen atoms in total. The Morgan fingerprint density at radius 3 is 1.43 bits per heavy atom. The number of hydrogen-bond acceptors (Lipinski definition) is 8. The summed E-state index contributed by atoms with van der Waals surface area (Å²) in [6, 6.07) is 22.6. The summed E-state index contributed by atoms with van der Waals surface area (Å²) < 4.78 is 33.6.